The van der Waals surface area contributed by atoms with E-state index in [4.69, 9.17) is 14.2 Å². The van der Waals surface area contributed by atoms with Crippen molar-refractivity contribution in [1.29, 1.82) is 0 Å². The van der Waals surface area contributed by atoms with Gasteiger partial charge in [0, 0.05) is 20.0 Å². The Morgan fingerprint density at radius 2 is 0.891 bits per heavy atom. The minimum absolute atomic E-state index is 0.00352. The van der Waals surface area contributed by atoms with Crippen LogP contribution in [0, 0.1) is 0 Å². The highest BCUT2D eigenvalue weighted by Crippen LogP contribution is 2.18. The van der Waals surface area contributed by atoms with Gasteiger partial charge in [-0.25, -0.2) is 9.59 Å². The molecule has 0 aromatic carbocycles. The zero-order valence-corrected chi connectivity index (χ0v) is 36.8. The molecule has 0 radical (unpaired) electrons. The highest BCUT2D eigenvalue weighted by molar-refractivity contribution is 5.73. The molecule has 0 aliphatic rings. The molecule has 0 aromatic rings. The van der Waals surface area contributed by atoms with Gasteiger partial charge < -0.3 is 29.7 Å². The summed E-state index contributed by atoms with van der Waals surface area (Å²) in [4.78, 5) is 38.7. The monoisotopic (exact) mass is 782 g/mol. The Hall–Kier alpha value is -2.03. The first-order valence-corrected chi connectivity index (χ1v) is 23.6. The Labute approximate surface area is 340 Å². The van der Waals surface area contributed by atoms with E-state index in [1.165, 1.54) is 109 Å². The van der Waals surface area contributed by atoms with Gasteiger partial charge in [0.25, 0.3) is 0 Å². The summed E-state index contributed by atoms with van der Waals surface area (Å²) in [6.07, 6.45) is 36.2. The van der Waals surface area contributed by atoms with Crippen molar-refractivity contribution in [3.63, 3.8) is 0 Å². The molecule has 55 heavy (non-hydrogen) atoms. The molecule has 0 heterocycles. The van der Waals surface area contributed by atoms with E-state index in [0.29, 0.717) is 26.2 Å². The van der Waals surface area contributed by atoms with Crippen LogP contribution >= 0.6 is 0 Å². The first-order chi connectivity index (χ1) is 27.0. The lowest BCUT2D eigenvalue weighted by atomic mass is 10.0. The Kier molecular flexibility index (Phi) is 41.5. The standard InChI is InChI=1S/C46H91N3O6/c1-5-8-11-14-17-24-31-41-53-46(52)54-42-32-25-23-30-39-49(40-33-37-48-45(51)47-4)38-29-22-18-21-28-36-44(50)55-43(34-26-19-15-12-9-6-2)35-27-20-16-13-10-7-3/h43H,5-42H2,1-4H3,(H2,47,48,51). The molecule has 0 atom stereocenters. The van der Waals surface area contributed by atoms with Gasteiger partial charge >= 0.3 is 18.2 Å². The van der Waals surface area contributed by atoms with Crippen LogP contribution in [0.1, 0.15) is 226 Å². The average molecular weight is 782 g/mol. The Balaban J connectivity index is 4.29. The number of amides is 2. The largest absolute Gasteiger partial charge is 0.508 e. The van der Waals surface area contributed by atoms with Crippen LogP contribution in [-0.4, -0.2) is 75.6 Å². The summed E-state index contributed by atoms with van der Waals surface area (Å²) in [6, 6.07) is -0.134. The van der Waals surface area contributed by atoms with Crippen LogP contribution in [0.4, 0.5) is 9.59 Å². The smallest absolute Gasteiger partial charge is 0.462 e. The van der Waals surface area contributed by atoms with Crippen LogP contribution in [0.3, 0.4) is 0 Å². The topological polar surface area (TPSA) is 106 Å². The summed E-state index contributed by atoms with van der Waals surface area (Å²) in [5.41, 5.74) is 0. The predicted molar refractivity (Wildman–Crippen MR) is 231 cm³/mol. The molecule has 9 heteroatoms. The minimum atomic E-state index is -0.534. The second kappa shape index (κ2) is 43.1. The second-order valence-corrected chi connectivity index (χ2v) is 15.9. The highest BCUT2D eigenvalue weighted by Gasteiger charge is 2.14. The maximum atomic E-state index is 12.8. The normalized spacial score (nSPS) is 11.3. The molecule has 9 nitrogen and oxygen atoms in total. The van der Waals surface area contributed by atoms with Crippen molar-refractivity contribution in [2.45, 2.75) is 232 Å². The van der Waals surface area contributed by atoms with E-state index in [0.717, 1.165) is 110 Å². The van der Waals surface area contributed by atoms with E-state index in [9.17, 15) is 14.4 Å². The fourth-order valence-electron chi connectivity index (χ4n) is 7.08. The molecule has 2 amide bonds. The number of nitrogens with zero attached hydrogens (tertiary/aromatic N) is 1. The molecule has 0 rings (SSSR count). The first kappa shape index (κ1) is 53.0. The van der Waals surface area contributed by atoms with Gasteiger partial charge in [-0.15, -0.1) is 0 Å². The third kappa shape index (κ3) is 40.0. The van der Waals surface area contributed by atoms with Gasteiger partial charge in [-0.3, -0.25) is 4.79 Å². The summed E-state index contributed by atoms with van der Waals surface area (Å²) in [7, 11) is 1.64. The van der Waals surface area contributed by atoms with Crippen molar-refractivity contribution in [3.8, 4) is 0 Å². The minimum Gasteiger partial charge on any atom is -0.462 e. The lowest BCUT2D eigenvalue weighted by Crippen LogP contribution is -2.35. The number of nitrogens with one attached hydrogen (secondary N) is 2. The lowest BCUT2D eigenvalue weighted by molar-refractivity contribution is -0.150. The zero-order valence-electron chi connectivity index (χ0n) is 36.8. The quantitative estimate of drug-likeness (QED) is 0.0469. The van der Waals surface area contributed by atoms with Gasteiger partial charge in [0.05, 0.1) is 13.2 Å². The van der Waals surface area contributed by atoms with E-state index in [1.54, 1.807) is 7.05 Å². The Bertz CT molecular complexity index is 828. The van der Waals surface area contributed by atoms with Crippen molar-refractivity contribution in [1.82, 2.24) is 15.5 Å². The molecular formula is C46H91N3O6. The van der Waals surface area contributed by atoms with Crippen molar-refractivity contribution in [2.75, 3.05) is 46.4 Å². The number of carbonyl (C=O) groups excluding carboxylic acids is 3. The number of urea groups is 1. The Morgan fingerprint density at radius 1 is 0.491 bits per heavy atom. The molecule has 326 valence electrons. The van der Waals surface area contributed by atoms with Gasteiger partial charge in [-0.1, -0.05) is 156 Å². The van der Waals surface area contributed by atoms with Crippen molar-refractivity contribution in [2.24, 2.45) is 0 Å². The summed E-state index contributed by atoms with van der Waals surface area (Å²) < 4.78 is 16.5. The summed E-state index contributed by atoms with van der Waals surface area (Å²) in [5.74, 6) is 0.00352. The zero-order chi connectivity index (χ0) is 40.3. The number of carbonyl (C=O) groups is 3. The van der Waals surface area contributed by atoms with E-state index in [2.05, 4.69) is 36.3 Å². The number of hydrogen-bond acceptors (Lipinski definition) is 7. The maximum Gasteiger partial charge on any atom is 0.508 e. The average Bonchev–Trinajstić information content (AvgIpc) is 3.18. The second-order valence-electron chi connectivity index (χ2n) is 15.9. The third-order valence-electron chi connectivity index (χ3n) is 10.6. The molecule has 0 aliphatic heterocycles. The van der Waals surface area contributed by atoms with Gasteiger partial charge in [0.2, 0.25) is 0 Å². The molecule has 0 unspecified atom stereocenters. The summed E-state index contributed by atoms with van der Waals surface area (Å²) >= 11 is 0. The van der Waals surface area contributed by atoms with Crippen LogP contribution < -0.4 is 10.6 Å². The van der Waals surface area contributed by atoms with Crippen LogP contribution in [0.2, 0.25) is 0 Å². The fourth-order valence-corrected chi connectivity index (χ4v) is 7.08. The number of esters is 1. The van der Waals surface area contributed by atoms with Crippen LogP contribution in [-0.2, 0) is 19.0 Å². The summed E-state index contributed by atoms with van der Waals surface area (Å²) in [5, 5.41) is 5.51. The van der Waals surface area contributed by atoms with Gasteiger partial charge in [-0.05, 0) is 83.8 Å². The third-order valence-corrected chi connectivity index (χ3v) is 10.6. The van der Waals surface area contributed by atoms with Gasteiger partial charge in [0.15, 0.2) is 0 Å². The number of hydrogen-bond donors (Lipinski definition) is 2. The van der Waals surface area contributed by atoms with E-state index >= 15 is 0 Å². The van der Waals surface area contributed by atoms with E-state index in [-0.39, 0.29) is 18.1 Å². The predicted octanol–water partition coefficient (Wildman–Crippen LogP) is 12.8. The van der Waals surface area contributed by atoms with Crippen molar-refractivity contribution < 1.29 is 28.6 Å². The highest BCUT2D eigenvalue weighted by atomic mass is 16.7. The molecule has 0 aliphatic carbocycles. The Morgan fingerprint density at radius 3 is 1.36 bits per heavy atom. The molecule has 0 spiro atoms. The van der Waals surface area contributed by atoms with E-state index < -0.39 is 6.16 Å². The fraction of sp³-hybridized carbons (Fsp3) is 0.935. The van der Waals surface area contributed by atoms with Crippen LogP contribution in [0.15, 0.2) is 0 Å². The van der Waals surface area contributed by atoms with E-state index in [1.807, 2.05) is 0 Å². The van der Waals surface area contributed by atoms with Crippen molar-refractivity contribution >= 4 is 18.2 Å². The SMILES string of the molecule is CCCCCCCCCOC(=O)OCCCCCCN(CCCCCCCC(=O)OC(CCCCCCCC)CCCCCCCC)CCCNC(=O)NC. The first-order valence-electron chi connectivity index (χ1n) is 23.6. The van der Waals surface area contributed by atoms with Crippen LogP contribution in [0.5, 0.6) is 0 Å². The molecule has 0 aromatic heterocycles. The van der Waals surface area contributed by atoms with Gasteiger partial charge in [0.1, 0.15) is 6.10 Å². The lowest BCUT2D eigenvalue weighted by Gasteiger charge is -2.22. The number of rotatable bonds is 42. The van der Waals surface area contributed by atoms with Crippen molar-refractivity contribution in [3.05, 3.63) is 0 Å². The molecular weight excluding hydrogens is 691 g/mol. The molecule has 2 N–H and O–H groups in total. The number of unbranched alkanes of at least 4 members (excludes halogenated alkanes) is 23. The molecule has 0 saturated heterocycles. The maximum absolute atomic E-state index is 12.8. The van der Waals surface area contributed by atoms with Gasteiger partial charge in [-0.2, -0.15) is 0 Å². The summed E-state index contributed by atoms with van der Waals surface area (Å²) in [6.45, 7) is 11.3. The molecule has 0 bridgehead atoms. The molecule has 0 fully saturated rings. The number of ether oxygens (including phenoxy) is 3. The molecule has 0 saturated carbocycles. The van der Waals surface area contributed by atoms with Crippen LogP contribution in [0.25, 0.3) is 0 Å².